The van der Waals surface area contributed by atoms with Crippen molar-refractivity contribution in [3.63, 3.8) is 0 Å². The fourth-order valence-electron chi connectivity index (χ4n) is 2.14. The van der Waals surface area contributed by atoms with Gasteiger partial charge < -0.3 is 5.32 Å². The maximum atomic E-state index is 12.2. The lowest BCUT2D eigenvalue weighted by Gasteiger charge is -2.15. The molecule has 0 aliphatic rings. The SMILES string of the molecule is Cc1ccc(NC(=O)CN(C)S(=O)(=O)/C=C/c2ccccc2)cc1C. The van der Waals surface area contributed by atoms with Gasteiger partial charge in [-0.1, -0.05) is 36.4 Å². The molecule has 25 heavy (non-hydrogen) atoms. The zero-order valence-electron chi connectivity index (χ0n) is 14.6. The molecule has 2 aromatic rings. The van der Waals surface area contributed by atoms with Crippen molar-refractivity contribution in [3.05, 3.63) is 70.6 Å². The molecule has 0 atom stereocenters. The predicted molar refractivity (Wildman–Crippen MR) is 102 cm³/mol. The van der Waals surface area contributed by atoms with Gasteiger partial charge in [0.2, 0.25) is 15.9 Å². The second kappa shape index (κ2) is 8.09. The van der Waals surface area contributed by atoms with Crippen molar-refractivity contribution >= 4 is 27.7 Å². The molecule has 0 fully saturated rings. The number of sulfonamides is 1. The number of anilines is 1. The molecule has 0 unspecified atom stereocenters. The molecule has 0 saturated carbocycles. The number of amides is 1. The Labute approximate surface area is 149 Å². The normalized spacial score (nSPS) is 11.8. The minimum Gasteiger partial charge on any atom is -0.325 e. The van der Waals surface area contributed by atoms with E-state index >= 15 is 0 Å². The Kier molecular flexibility index (Phi) is 6.12. The smallest absolute Gasteiger partial charge is 0.239 e. The molecule has 5 nitrogen and oxygen atoms in total. The number of likely N-dealkylation sites (N-methyl/N-ethyl adjacent to an activating group) is 1. The molecule has 0 aromatic heterocycles. The molecule has 2 rings (SSSR count). The quantitative estimate of drug-likeness (QED) is 0.862. The highest BCUT2D eigenvalue weighted by Crippen LogP contribution is 2.14. The first-order valence-electron chi connectivity index (χ1n) is 7.84. The first-order chi connectivity index (χ1) is 11.8. The lowest BCUT2D eigenvalue weighted by molar-refractivity contribution is -0.116. The van der Waals surface area contributed by atoms with Gasteiger partial charge in [-0.25, -0.2) is 8.42 Å². The molecule has 0 radical (unpaired) electrons. The fraction of sp³-hybridized carbons (Fsp3) is 0.211. The number of carbonyl (C=O) groups is 1. The number of aryl methyl sites for hydroxylation is 2. The van der Waals surface area contributed by atoms with E-state index in [0.29, 0.717) is 5.69 Å². The average molecular weight is 358 g/mol. The molecule has 0 saturated heterocycles. The molecule has 1 amide bonds. The maximum Gasteiger partial charge on any atom is 0.239 e. The molecular formula is C19H22N2O3S. The Morgan fingerprint density at radius 3 is 2.40 bits per heavy atom. The monoisotopic (exact) mass is 358 g/mol. The van der Waals surface area contributed by atoms with E-state index < -0.39 is 10.0 Å². The molecule has 1 N–H and O–H groups in total. The van der Waals surface area contributed by atoms with Crippen LogP contribution in [0, 0.1) is 13.8 Å². The zero-order valence-corrected chi connectivity index (χ0v) is 15.4. The molecular weight excluding hydrogens is 336 g/mol. The van der Waals surface area contributed by atoms with E-state index in [1.54, 1.807) is 18.2 Å². The van der Waals surface area contributed by atoms with Crippen molar-refractivity contribution in [2.45, 2.75) is 13.8 Å². The summed E-state index contributed by atoms with van der Waals surface area (Å²) in [5.41, 5.74) is 3.62. The average Bonchev–Trinajstić information content (AvgIpc) is 2.57. The van der Waals surface area contributed by atoms with E-state index in [-0.39, 0.29) is 12.5 Å². The van der Waals surface area contributed by atoms with Crippen LogP contribution < -0.4 is 5.32 Å². The maximum absolute atomic E-state index is 12.2. The van der Waals surface area contributed by atoms with E-state index in [0.717, 1.165) is 26.4 Å². The predicted octanol–water partition coefficient (Wildman–Crippen LogP) is 3.17. The summed E-state index contributed by atoms with van der Waals surface area (Å²) >= 11 is 0. The lowest BCUT2D eigenvalue weighted by Crippen LogP contribution is -2.33. The van der Waals surface area contributed by atoms with E-state index in [4.69, 9.17) is 0 Å². The molecule has 6 heteroatoms. The third kappa shape index (κ3) is 5.55. The van der Waals surface area contributed by atoms with Gasteiger partial charge in [0.1, 0.15) is 0 Å². The van der Waals surface area contributed by atoms with Crippen LogP contribution in [0.4, 0.5) is 5.69 Å². The van der Waals surface area contributed by atoms with Gasteiger partial charge >= 0.3 is 0 Å². The number of hydrogen-bond donors (Lipinski definition) is 1. The molecule has 0 aliphatic carbocycles. The van der Waals surface area contributed by atoms with Gasteiger partial charge in [0.05, 0.1) is 6.54 Å². The number of rotatable bonds is 6. The van der Waals surface area contributed by atoms with E-state index in [1.165, 1.54) is 13.1 Å². The summed E-state index contributed by atoms with van der Waals surface area (Å²) in [5, 5.41) is 3.82. The topological polar surface area (TPSA) is 66.5 Å². The molecule has 0 heterocycles. The Morgan fingerprint density at radius 2 is 1.76 bits per heavy atom. The highest BCUT2D eigenvalue weighted by Gasteiger charge is 2.17. The van der Waals surface area contributed by atoms with E-state index in [2.05, 4.69) is 5.32 Å². The number of nitrogens with zero attached hydrogens (tertiary/aromatic N) is 1. The van der Waals surface area contributed by atoms with Gasteiger partial charge in [0.25, 0.3) is 0 Å². The lowest BCUT2D eigenvalue weighted by atomic mass is 10.1. The van der Waals surface area contributed by atoms with Crippen LogP contribution in [0.25, 0.3) is 6.08 Å². The van der Waals surface area contributed by atoms with Crippen molar-refractivity contribution in [2.75, 3.05) is 18.9 Å². The molecule has 132 valence electrons. The van der Waals surface area contributed by atoms with Gasteiger partial charge in [-0.3, -0.25) is 4.79 Å². The van der Waals surface area contributed by atoms with Crippen LogP contribution in [-0.4, -0.2) is 32.2 Å². The summed E-state index contributed by atoms with van der Waals surface area (Å²) in [6.07, 6.45) is 1.51. The summed E-state index contributed by atoms with van der Waals surface area (Å²) in [6.45, 7) is 3.69. The van der Waals surface area contributed by atoms with E-state index in [9.17, 15) is 13.2 Å². The molecule has 0 aliphatic heterocycles. The van der Waals surface area contributed by atoms with Crippen molar-refractivity contribution in [3.8, 4) is 0 Å². The minimum absolute atomic E-state index is 0.256. The van der Waals surface area contributed by atoms with Crippen molar-refractivity contribution in [1.82, 2.24) is 4.31 Å². The van der Waals surface area contributed by atoms with Crippen molar-refractivity contribution < 1.29 is 13.2 Å². The van der Waals surface area contributed by atoms with Crippen LogP contribution in [-0.2, 0) is 14.8 Å². The van der Waals surface area contributed by atoms with Crippen molar-refractivity contribution in [2.24, 2.45) is 0 Å². The van der Waals surface area contributed by atoms with Gasteiger partial charge in [0, 0.05) is 18.1 Å². The van der Waals surface area contributed by atoms with Gasteiger partial charge in [-0.2, -0.15) is 4.31 Å². The third-order valence-corrected chi connectivity index (χ3v) is 5.30. The number of carbonyl (C=O) groups excluding carboxylic acids is 1. The summed E-state index contributed by atoms with van der Waals surface area (Å²) in [6, 6.07) is 14.7. The third-order valence-electron chi connectivity index (χ3n) is 3.82. The molecule has 0 bridgehead atoms. The highest BCUT2D eigenvalue weighted by molar-refractivity contribution is 7.92. The zero-order chi connectivity index (χ0) is 18.4. The number of benzene rings is 2. The molecule has 2 aromatic carbocycles. The van der Waals surface area contributed by atoms with Crippen molar-refractivity contribution in [1.29, 1.82) is 0 Å². The van der Waals surface area contributed by atoms with Crippen LogP contribution in [0.15, 0.2) is 53.9 Å². The number of nitrogens with one attached hydrogen (secondary N) is 1. The highest BCUT2D eigenvalue weighted by atomic mass is 32.2. The van der Waals surface area contributed by atoms with Gasteiger partial charge in [0.15, 0.2) is 0 Å². The van der Waals surface area contributed by atoms with Gasteiger partial charge in [-0.05, 0) is 48.7 Å². The van der Waals surface area contributed by atoms with Crippen LogP contribution >= 0.6 is 0 Å². The minimum atomic E-state index is -3.67. The second-order valence-corrected chi connectivity index (χ2v) is 7.79. The Bertz CT molecular complexity index is 875. The van der Waals surface area contributed by atoms with Crippen LogP contribution in [0.5, 0.6) is 0 Å². The first-order valence-corrected chi connectivity index (χ1v) is 9.35. The Morgan fingerprint density at radius 1 is 1.08 bits per heavy atom. The van der Waals surface area contributed by atoms with Crippen LogP contribution in [0.3, 0.4) is 0 Å². The Hall–Kier alpha value is -2.44. The van der Waals surface area contributed by atoms with Gasteiger partial charge in [-0.15, -0.1) is 0 Å². The first kappa shape index (κ1) is 18.9. The summed E-state index contributed by atoms with van der Waals surface area (Å²) < 4.78 is 25.5. The molecule has 0 spiro atoms. The second-order valence-electron chi connectivity index (χ2n) is 5.86. The largest absolute Gasteiger partial charge is 0.325 e. The van der Waals surface area contributed by atoms with Crippen LogP contribution in [0.1, 0.15) is 16.7 Å². The Balaban J connectivity index is 1.99. The standard InChI is InChI=1S/C19H22N2O3S/c1-15-9-10-18(13-16(15)2)20-19(22)14-21(3)25(23,24)12-11-17-7-5-4-6-8-17/h4-13H,14H2,1-3H3,(H,20,22)/b12-11+. The fourth-order valence-corrected chi connectivity index (χ4v) is 2.98. The summed E-state index contributed by atoms with van der Waals surface area (Å²) in [7, 11) is -2.29. The van der Waals surface area contributed by atoms with E-state index in [1.807, 2.05) is 44.2 Å². The summed E-state index contributed by atoms with van der Waals surface area (Å²) in [5.74, 6) is -0.387. The summed E-state index contributed by atoms with van der Waals surface area (Å²) in [4.78, 5) is 12.1. The van der Waals surface area contributed by atoms with Crippen LogP contribution in [0.2, 0.25) is 0 Å². The number of hydrogen-bond acceptors (Lipinski definition) is 3.